The van der Waals surface area contributed by atoms with Crippen LogP contribution in [0.2, 0.25) is 0 Å². The van der Waals surface area contributed by atoms with Crippen LogP contribution in [0.15, 0.2) is 0 Å². The number of nitrogens with one attached hydrogen (secondary N) is 5. The van der Waals surface area contributed by atoms with Gasteiger partial charge in [0.05, 0.1) is 13.7 Å². The molecule has 2 aromatic heterocycles. The van der Waals surface area contributed by atoms with Gasteiger partial charge in [0.1, 0.15) is 17.7 Å². The number of hydrogen-bond donors (Lipinski definition) is 6. The maximum absolute atomic E-state index is 13.2. The number of anilines is 2. The Labute approximate surface area is 263 Å². The molecule has 3 atom stereocenters. The minimum atomic E-state index is -1.28. The van der Waals surface area contributed by atoms with Crippen LogP contribution in [0, 0.1) is 5.92 Å². The Bertz CT molecular complexity index is 1550. The predicted octanol–water partition coefficient (Wildman–Crippen LogP) is -0.0875. The normalized spacial score (nSPS) is 20.0. The molecule has 0 aromatic carbocycles. The lowest BCUT2D eigenvalue weighted by atomic mass is 9.92. The largest absolute Gasteiger partial charge is 0.485 e. The summed E-state index contributed by atoms with van der Waals surface area (Å²) in [6.07, 6.45) is -0.905. The number of nitrogens with zero attached hydrogens (tertiary/aromatic N) is 2. The number of imide groups is 2. The van der Waals surface area contributed by atoms with E-state index in [-0.39, 0.29) is 57.6 Å². The van der Waals surface area contributed by atoms with Gasteiger partial charge in [0.25, 0.3) is 11.8 Å². The molecule has 20 heteroatoms. The molecule has 18 nitrogen and oxygen atoms in total. The minimum absolute atomic E-state index is 0.000282. The first-order chi connectivity index (χ1) is 21.1. The lowest BCUT2D eigenvalue weighted by Crippen LogP contribution is -2.58. The van der Waals surface area contributed by atoms with Gasteiger partial charge in [0.2, 0.25) is 33.8 Å². The molecule has 2 saturated heterocycles. The second-order valence-electron chi connectivity index (χ2n) is 10.8. The number of nitrogens with two attached hydrogens (primary N) is 1. The number of amides is 7. The third-order valence-corrected chi connectivity index (χ3v) is 7.88. The van der Waals surface area contributed by atoms with Crippen molar-refractivity contribution in [1.82, 2.24) is 31.2 Å². The summed E-state index contributed by atoms with van der Waals surface area (Å²) in [6.45, 7) is 4.70. The van der Waals surface area contributed by atoms with Crippen LogP contribution in [0.3, 0.4) is 0 Å². The summed E-state index contributed by atoms with van der Waals surface area (Å²) in [5, 5.41) is 11.7. The Kier molecular flexibility index (Phi) is 9.86. The Morgan fingerprint density at radius 1 is 0.956 bits per heavy atom. The second-order valence-corrected chi connectivity index (χ2v) is 12.7. The third-order valence-electron chi connectivity index (χ3n) is 6.16. The van der Waals surface area contributed by atoms with Crippen molar-refractivity contribution in [2.24, 2.45) is 5.92 Å². The second kappa shape index (κ2) is 13.4. The van der Waals surface area contributed by atoms with Crippen LogP contribution < -0.4 is 41.8 Å². The average molecular weight is 667 g/mol. The maximum Gasteiger partial charge on any atom is 0.413 e. The number of rotatable bonds is 9. The van der Waals surface area contributed by atoms with Crippen molar-refractivity contribution < 1.29 is 47.8 Å². The van der Waals surface area contributed by atoms with Gasteiger partial charge in [-0.05, 0) is 27.2 Å². The first-order valence-electron chi connectivity index (χ1n) is 13.4. The summed E-state index contributed by atoms with van der Waals surface area (Å²) < 4.78 is 16.2. The molecule has 4 rings (SSSR count). The number of methoxy groups -OCH3 is 1. The minimum Gasteiger partial charge on any atom is -0.485 e. The highest BCUT2D eigenvalue weighted by molar-refractivity contribution is 7.18. The highest BCUT2D eigenvalue weighted by Gasteiger charge is 2.39. The molecule has 7 N–H and O–H groups in total. The van der Waals surface area contributed by atoms with Crippen molar-refractivity contribution >= 4 is 74.5 Å². The van der Waals surface area contributed by atoms with E-state index in [1.807, 2.05) is 0 Å². The monoisotopic (exact) mass is 666 g/mol. The molecule has 7 amide bonds. The summed E-state index contributed by atoms with van der Waals surface area (Å²) in [5.74, 6) is -5.09. The van der Waals surface area contributed by atoms with E-state index in [1.165, 1.54) is 7.11 Å². The highest BCUT2D eigenvalue weighted by Crippen LogP contribution is 2.32. The molecule has 0 saturated carbocycles. The highest BCUT2D eigenvalue weighted by atomic mass is 32.1. The van der Waals surface area contributed by atoms with Gasteiger partial charge in [-0.25, -0.2) is 14.8 Å². The number of hydrogen-bond acceptors (Lipinski definition) is 15. The van der Waals surface area contributed by atoms with E-state index in [4.69, 9.17) is 19.9 Å². The molecule has 4 heterocycles. The Morgan fingerprint density at radius 2 is 1.62 bits per heavy atom. The van der Waals surface area contributed by atoms with Crippen molar-refractivity contribution in [1.29, 1.82) is 0 Å². The van der Waals surface area contributed by atoms with E-state index in [1.54, 1.807) is 20.8 Å². The number of carbonyl (C=O) groups is 7. The first-order valence-corrected chi connectivity index (χ1v) is 15.0. The topological polar surface area (TPSA) is 259 Å². The first kappa shape index (κ1) is 33.1. The summed E-state index contributed by atoms with van der Waals surface area (Å²) in [6, 6.07) is -2.26. The van der Waals surface area contributed by atoms with Gasteiger partial charge in [-0.3, -0.25) is 44.7 Å². The molecule has 242 valence electrons. The van der Waals surface area contributed by atoms with E-state index in [9.17, 15) is 33.6 Å². The molecule has 0 spiro atoms. The van der Waals surface area contributed by atoms with Crippen molar-refractivity contribution in [3.05, 3.63) is 11.4 Å². The fourth-order valence-corrected chi connectivity index (χ4v) is 5.67. The number of piperidine rings is 2. The molecule has 2 aliphatic heterocycles. The van der Waals surface area contributed by atoms with Crippen LogP contribution in [0.5, 0.6) is 10.1 Å². The fraction of sp³-hybridized carbons (Fsp3) is 0.480. The van der Waals surface area contributed by atoms with Gasteiger partial charge in [0, 0.05) is 18.8 Å². The van der Waals surface area contributed by atoms with Gasteiger partial charge >= 0.3 is 6.09 Å². The predicted molar refractivity (Wildman–Crippen MR) is 157 cm³/mol. The van der Waals surface area contributed by atoms with Crippen LogP contribution >= 0.6 is 22.7 Å². The summed E-state index contributed by atoms with van der Waals surface area (Å²) in [5.41, 5.74) is 4.53. The third kappa shape index (κ3) is 8.41. The van der Waals surface area contributed by atoms with Crippen molar-refractivity contribution in [3.63, 3.8) is 0 Å². The quantitative estimate of drug-likeness (QED) is 0.192. The fourth-order valence-electron chi connectivity index (χ4n) is 4.22. The maximum atomic E-state index is 13.2. The molecule has 0 bridgehead atoms. The SMILES string of the molecule is COc1sc(NC(=O)OC(C)(C)C)nc1C(=O)NC1C(=O)NC(=O)CC1COc1sc(N)nc1C(=O)NC1CCC(=O)NC1=O. The van der Waals surface area contributed by atoms with Crippen molar-refractivity contribution in [3.8, 4) is 10.1 Å². The zero-order valence-corrected chi connectivity index (χ0v) is 26.1. The van der Waals surface area contributed by atoms with Gasteiger partial charge < -0.3 is 30.6 Å². The van der Waals surface area contributed by atoms with Crippen molar-refractivity contribution in [2.75, 3.05) is 24.8 Å². The van der Waals surface area contributed by atoms with Gasteiger partial charge in [-0.2, -0.15) is 0 Å². The van der Waals surface area contributed by atoms with Gasteiger partial charge in [-0.15, -0.1) is 0 Å². The smallest absolute Gasteiger partial charge is 0.413 e. The zero-order chi connectivity index (χ0) is 33.1. The average Bonchev–Trinajstić information content (AvgIpc) is 3.52. The zero-order valence-electron chi connectivity index (χ0n) is 24.4. The van der Waals surface area contributed by atoms with Gasteiger partial charge in [0.15, 0.2) is 21.7 Å². The number of thiazole rings is 2. The van der Waals surface area contributed by atoms with E-state index < -0.39 is 65.1 Å². The van der Waals surface area contributed by atoms with E-state index in [0.717, 1.165) is 22.7 Å². The molecular weight excluding hydrogens is 636 g/mol. The van der Waals surface area contributed by atoms with Crippen molar-refractivity contribution in [2.45, 2.75) is 57.7 Å². The standard InChI is InChI=1S/C25H30N8O10S2/c1-25(2,3)43-24(40)33-23-32-14(20(41-4)45-23)19(39)30-13-9(7-12(35)29-17(13)37)8-42-21-15(31-22(26)44-21)18(38)27-10-5-6-11(34)28-16(10)36/h9-10,13H,5-8H2,1-4H3,(H2,26,31)(H,27,38)(H,30,39)(H,28,34,36)(H,29,35,37)(H,32,33,40). The van der Waals surface area contributed by atoms with Crippen LogP contribution in [0.25, 0.3) is 0 Å². The number of carbonyl (C=O) groups excluding carboxylic acids is 7. The summed E-state index contributed by atoms with van der Waals surface area (Å²) >= 11 is 1.66. The van der Waals surface area contributed by atoms with E-state index in [0.29, 0.717) is 0 Å². The molecular formula is C25H30N8O10S2. The van der Waals surface area contributed by atoms with Gasteiger partial charge in [-0.1, -0.05) is 22.7 Å². The Hall–Kier alpha value is -4.85. The van der Waals surface area contributed by atoms with Crippen LogP contribution in [-0.4, -0.2) is 82.9 Å². The van der Waals surface area contributed by atoms with Crippen LogP contribution in [-0.2, 0) is 23.9 Å². The molecule has 0 radical (unpaired) electrons. The van der Waals surface area contributed by atoms with Crippen LogP contribution in [0.1, 0.15) is 61.0 Å². The molecule has 45 heavy (non-hydrogen) atoms. The molecule has 2 aromatic rings. The lowest BCUT2D eigenvalue weighted by Gasteiger charge is -2.30. The number of aromatic nitrogens is 2. The lowest BCUT2D eigenvalue weighted by molar-refractivity contribution is -0.138. The van der Waals surface area contributed by atoms with E-state index in [2.05, 4.69) is 36.6 Å². The van der Waals surface area contributed by atoms with Crippen LogP contribution in [0.4, 0.5) is 15.1 Å². The molecule has 0 aliphatic carbocycles. The molecule has 3 unspecified atom stereocenters. The van der Waals surface area contributed by atoms with E-state index >= 15 is 0 Å². The summed E-state index contributed by atoms with van der Waals surface area (Å²) in [4.78, 5) is 94.8. The Balaban J connectivity index is 1.45. The molecule has 2 fully saturated rings. The Morgan fingerprint density at radius 3 is 2.29 bits per heavy atom. The number of nitrogen functional groups attached to an aromatic ring is 1. The number of ether oxygens (including phenoxy) is 3. The summed E-state index contributed by atoms with van der Waals surface area (Å²) in [7, 11) is 1.29. The molecule has 2 aliphatic rings.